The second-order valence-electron chi connectivity index (χ2n) is 6.13. The van der Waals surface area contributed by atoms with Gasteiger partial charge in [-0.05, 0) is 72.3 Å². The standard InChI is InChI=1S/C18H14F3NOS.C2H6/c19-11-3-1-9(2-4-11)17-16(10-5-13(6-10)24-23)14-7-12(20)8-15(21)18(14)22-17;1-2/h1-4,7-8,10,13,22-23H,5-6H2;1-2H3. The molecule has 2 N–H and O–H groups in total. The molecule has 3 aromatic rings. The first kappa shape index (κ1) is 18.9. The topological polar surface area (TPSA) is 36.0 Å². The molecule has 0 saturated heterocycles. The molecule has 6 heteroatoms. The Morgan fingerprint density at radius 3 is 2.27 bits per heavy atom. The third-order valence-electron chi connectivity index (χ3n) is 4.65. The summed E-state index contributed by atoms with van der Waals surface area (Å²) in [6.45, 7) is 4.00. The fourth-order valence-electron chi connectivity index (χ4n) is 3.40. The normalized spacial score (nSPS) is 19.0. The third kappa shape index (κ3) is 3.35. The van der Waals surface area contributed by atoms with E-state index in [-0.39, 0.29) is 22.5 Å². The van der Waals surface area contributed by atoms with Gasteiger partial charge in [0.25, 0.3) is 0 Å². The zero-order valence-electron chi connectivity index (χ0n) is 14.5. The number of nitrogens with one attached hydrogen (secondary N) is 1. The van der Waals surface area contributed by atoms with Crippen LogP contribution in [0.4, 0.5) is 13.2 Å². The van der Waals surface area contributed by atoms with Crippen molar-refractivity contribution in [3.63, 3.8) is 0 Å². The predicted molar refractivity (Wildman–Crippen MR) is 101 cm³/mol. The molecule has 1 aliphatic rings. The molecule has 0 radical (unpaired) electrons. The highest BCUT2D eigenvalue weighted by atomic mass is 32.2. The van der Waals surface area contributed by atoms with E-state index in [9.17, 15) is 13.2 Å². The molecule has 26 heavy (non-hydrogen) atoms. The Hall–Kier alpha value is -1.92. The van der Waals surface area contributed by atoms with Gasteiger partial charge in [-0.15, -0.1) is 0 Å². The van der Waals surface area contributed by atoms with Crippen molar-refractivity contribution in [2.24, 2.45) is 0 Å². The smallest absolute Gasteiger partial charge is 0.150 e. The highest BCUT2D eigenvalue weighted by Crippen LogP contribution is 2.48. The van der Waals surface area contributed by atoms with Gasteiger partial charge in [0.05, 0.1) is 11.2 Å². The van der Waals surface area contributed by atoms with Gasteiger partial charge in [0, 0.05) is 16.7 Å². The minimum absolute atomic E-state index is 0.102. The summed E-state index contributed by atoms with van der Waals surface area (Å²) in [7, 11) is 0. The molecule has 138 valence electrons. The highest BCUT2D eigenvalue weighted by molar-refractivity contribution is 7.94. The van der Waals surface area contributed by atoms with Crippen molar-refractivity contribution in [2.75, 3.05) is 0 Å². The van der Waals surface area contributed by atoms with Crippen LogP contribution in [0, 0.1) is 17.5 Å². The zero-order chi connectivity index (χ0) is 18.8. The van der Waals surface area contributed by atoms with Crippen LogP contribution < -0.4 is 0 Å². The minimum Gasteiger partial charge on any atom is -0.352 e. The Bertz CT molecular complexity index is 902. The van der Waals surface area contributed by atoms with Gasteiger partial charge in [-0.1, -0.05) is 13.8 Å². The quantitative estimate of drug-likeness (QED) is 0.495. The van der Waals surface area contributed by atoms with Gasteiger partial charge >= 0.3 is 0 Å². The van der Waals surface area contributed by atoms with E-state index in [1.165, 1.54) is 18.2 Å². The van der Waals surface area contributed by atoms with Gasteiger partial charge in [-0.2, -0.15) is 0 Å². The molecule has 0 aliphatic heterocycles. The summed E-state index contributed by atoms with van der Waals surface area (Å²) in [6.07, 6.45) is 1.47. The van der Waals surface area contributed by atoms with Crippen LogP contribution in [0.2, 0.25) is 0 Å². The lowest BCUT2D eigenvalue weighted by molar-refractivity contribution is 0.426. The summed E-state index contributed by atoms with van der Waals surface area (Å²) in [6, 6.07) is 8.10. The lowest BCUT2D eigenvalue weighted by Gasteiger charge is -2.33. The van der Waals surface area contributed by atoms with Gasteiger partial charge < -0.3 is 9.54 Å². The first-order chi connectivity index (χ1) is 12.6. The van der Waals surface area contributed by atoms with Crippen LogP contribution in [0.3, 0.4) is 0 Å². The molecule has 2 aromatic carbocycles. The number of rotatable bonds is 3. The summed E-state index contributed by atoms with van der Waals surface area (Å²) >= 11 is 0.820. The molecule has 0 bridgehead atoms. The number of H-pyrrole nitrogens is 1. The van der Waals surface area contributed by atoms with Crippen molar-refractivity contribution in [3.8, 4) is 11.3 Å². The average Bonchev–Trinajstić information content (AvgIpc) is 2.96. The molecule has 0 atom stereocenters. The number of aromatic nitrogens is 1. The summed E-state index contributed by atoms with van der Waals surface area (Å²) in [5.74, 6) is -1.52. The van der Waals surface area contributed by atoms with E-state index in [0.29, 0.717) is 11.1 Å². The third-order valence-corrected chi connectivity index (χ3v) is 5.33. The molecular weight excluding hydrogens is 359 g/mol. The summed E-state index contributed by atoms with van der Waals surface area (Å²) in [4.78, 5) is 3.04. The van der Waals surface area contributed by atoms with Crippen LogP contribution in [0.1, 0.15) is 38.2 Å². The second kappa shape index (κ2) is 7.76. The first-order valence-corrected chi connectivity index (χ1v) is 9.47. The Kier molecular flexibility index (Phi) is 5.63. The molecule has 1 heterocycles. The van der Waals surface area contributed by atoms with Crippen LogP contribution in [-0.4, -0.2) is 14.8 Å². The Morgan fingerprint density at radius 2 is 1.65 bits per heavy atom. The van der Waals surface area contributed by atoms with E-state index in [1.54, 1.807) is 12.1 Å². The average molecular weight is 379 g/mol. The maximum atomic E-state index is 14.2. The van der Waals surface area contributed by atoms with E-state index in [4.69, 9.17) is 4.55 Å². The number of hydrogen-bond donors (Lipinski definition) is 2. The minimum atomic E-state index is -0.646. The van der Waals surface area contributed by atoms with Crippen molar-refractivity contribution in [2.45, 2.75) is 37.9 Å². The fraction of sp³-hybridized carbons (Fsp3) is 0.300. The van der Waals surface area contributed by atoms with Crippen molar-refractivity contribution < 1.29 is 17.7 Å². The lowest BCUT2D eigenvalue weighted by Crippen LogP contribution is -2.24. The SMILES string of the molecule is CC.OSC1CC(c2c(-c3ccc(F)cc3)[nH]c3c(F)cc(F)cc23)C1. The molecular formula is C20H20F3NOS. The maximum Gasteiger partial charge on any atom is 0.150 e. The maximum absolute atomic E-state index is 14.2. The first-order valence-electron chi connectivity index (χ1n) is 8.63. The summed E-state index contributed by atoms with van der Waals surface area (Å²) in [5, 5.41) is 0.651. The van der Waals surface area contributed by atoms with Crippen LogP contribution in [-0.2, 0) is 0 Å². The molecule has 0 amide bonds. The van der Waals surface area contributed by atoms with E-state index in [2.05, 4.69) is 4.98 Å². The molecule has 1 saturated carbocycles. The van der Waals surface area contributed by atoms with Crippen molar-refractivity contribution in [1.82, 2.24) is 4.98 Å². The van der Waals surface area contributed by atoms with Crippen molar-refractivity contribution in [3.05, 3.63) is 59.4 Å². The number of fused-ring (bicyclic) bond motifs is 1. The Labute approximate surface area is 154 Å². The van der Waals surface area contributed by atoms with Crippen LogP contribution >= 0.6 is 12.0 Å². The fourth-order valence-corrected chi connectivity index (χ4v) is 4.03. The Balaban J connectivity index is 0.000000948. The molecule has 2 nitrogen and oxygen atoms in total. The molecule has 0 spiro atoms. The van der Waals surface area contributed by atoms with Crippen LogP contribution in [0.15, 0.2) is 36.4 Å². The molecule has 1 fully saturated rings. The number of aromatic amines is 1. The van der Waals surface area contributed by atoms with Gasteiger partial charge in [0.15, 0.2) is 0 Å². The molecule has 0 unspecified atom stereocenters. The van der Waals surface area contributed by atoms with E-state index in [1.807, 2.05) is 13.8 Å². The van der Waals surface area contributed by atoms with E-state index >= 15 is 0 Å². The van der Waals surface area contributed by atoms with Crippen molar-refractivity contribution >= 4 is 22.9 Å². The summed E-state index contributed by atoms with van der Waals surface area (Å²) < 4.78 is 50.3. The predicted octanol–water partition coefficient (Wildman–Crippen LogP) is 6.73. The second-order valence-corrected chi connectivity index (χ2v) is 7.00. The van der Waals surface area contributed by atoms with Crippen LogP contribution in [0.5, 0.6) is 0 Å². The van der Waals surface area contributed by atoms with Crippen LogP contribution in [0.25, 0.3) is 22.2 Å². The zero-order valence-corrected chi connectivity index (χ0v) is 15.3. The van der Waals surface area contributed by atoms with Gasteiger partial charge in [0.1, 0.15) is 17.5 Å². The largest absolute Gasteiger partial charge is 0.352 e. The monoisotopic (exact) mass is 379 g/mol. The number of benzene rings is 2. The van der Waals surface area contributed by atoms with E-state index < -0.39 is 11.6 Å². The number of halogens is 3. The number of hydrogen-bond acceptors (Lipinski definition) is 2. The molecule has 1 aromatic heterocycles. The van der Waals surface area contributed by atoms with Gasteiger partial charge in [-0.25, -0.2) is 13.2 Å². The highest BCUT2D eigenvalue weighted by Gasteiger charge is 2.35. The van der Waals surface area contributed by atoms with E-state index in [0.717, 1.165) is 42.1 Å². The Morgan fingerprint density at radius 1 is 1.00 bits per heavy atom. The van der Waals surface area contributed by atoms with Gasteiger partial charge in [0.2, 0.25) is 0 Å². The van der Waals surface area contributed by atoms with Crippen molar-refractivity contribution in [1.29, 1.82) is 0 Å². The molecule has 1 aliphatic carbocycles. The summed E-state index contributed by atoms with van der Waals surface area (Å²) in [5.41, 5.74) is 2.49. The lowest BCUT2D eigenvalue weighted by atomic mass is 9.77. The molecule has 4 rings (SSSR count). The van der Waals surface area contributed by atoms with Gasteiger partial charge in [-0.3, -0.25) is 0 Å².